The fourth-order valence-corrected chi connectivity index (χ4v) is 4.86. The van der Waals surface area contributed by atoms with Crippen molar-refractivity contribution in [2.24, 2.45) is 0 Å². The van der Waals surface area contributed by atoms with Crippen molar-refractivity contribution in [2.75, 3.05) is 26.3 Å². The normalized spacial score (nSPS) is 19.3. The Labute approximate surface area is 224 Å². The van der Waals surface area contributed by atoms with Gasteiger partial charge in [0.25, 0.3) is 5.91 Å². The first-order valence-electron chi connectivity index (χ1n) is 12.9. The lowest BCUT2D eigenvalue weighted by atomic mass is 10.0. The molecular formula is C27H32FN3O8. The van der Waals surface area contributed by atoms with Crippen LogP contribution in [0.15, 0.2) is 18.2 Å². The summed E-state index contributed by atoms with van der Waals surface area (Å²) in [5, 5.41) is 33.3. The maximum absolute atomic E-state index is 14.9. The summed E-state index contributed by atoms with van der Waals surface area (Å²) in [5.41, 5.74) is 0.681. The Bertz CT molecular complexity index is 1280. The van der Waals surface area contributed by atoms with E-state index < -0.39 is 46.8 Å². The molecule has 0 saturated carbocycles. The van der Waals surface area contributed by atoms with Gasteiger partial charge < -0.3 is 29.7 Å². The fourth-order valence-electron chi connectivity index (χ4n) is 4.86. The smallest absolute Gasteiger partial charge is 0.259 e. The molecule has 4 N–H and O–H groups in total. The van der Waals surface area contributed by atoms with E-state index in [4.69, 9.17) is 9.47 Å². The minimum atomic E-state index is -0.981. The molecule has 2 aromatic rings. The number of nitrogens with zero attached hydrogens (tertiary/aromatic N) is 2. The number of piperidine rings is 1. The Morgan fingerprint density at radius 3 is 2.46 bits per heavy atom. The molecule has 210 valence electrons. The average Bonchev–Trinajstić information content (AvgIpc) is 3.26. The van der Waals surface area contributed by atoms with Crippen LogP contribution in [0.2, 0.25) is 0 Å². The van der Waals surface area contributed by atoms with E-state index in [1.807, 2.05) is 13.8 Å². The van der Waals surface area contributed by atoms with Gasteiger partial charge >= 0.3 is 0 Å². The molecular weight excluding hydrogens is 513 g/mol. The molecule has 0 bridgehead atoms. The zero-order chi connectivity index (χ0) is 28.3. The quantitative estimate of drug-likeness (QED) is 0.316. The molecule has 2 fully saturated rings. The minimum absolute atomic E-state index is 0.0309. The van der Waals surface area contributed by atoms with Crippen LogP contribution < -0.4 is 10.1 Å². The van der Waals surface area contributed by atoms with Gasteiger partial charge in [-0.3, -0.25) is 24.6 Å². The summed E-state index contributed by atoms with van der Waals surface area (Å²) >= 11 is 0. The first-order chi connectivity index (χ1) is 18.7. The Balaban J connectivity index is 0.00000172. The highest BCUT2D eigenvalue weighted by molar-refractivity contribution is 6.07. The van der Waals surface area contributed by atoms with E-state index in [9.17, 15) is 34.1 Å². The van der Waals surface area contributed by atoms with Gasteiger partial charge in [-0.15, -0.1) is 0 Å². The number of amides is 3. The van der Waals surface area contributed by atoms with E-state index in [1.165, 1.54) is 6.07 Å². The second-order valence-corrected chi connectivity index (χ2v) is 9.23. The highest BCUT2D eigenvalue weighted by atomic mass is 19.1. The van der Waals surface area contributed by atoms with Gasteiger partial charge in [0.1, 0.15) is 18.5 Å². The van der Waals surface area contributed by atoms with Gasteiger partial charge in [0, 0.05) is 37.2 Å². The number of hydrogen-bond acceptors (Lipinski definition) is 9. The lowest BCUT2D eigenvalue weighted by Crippen LogP contribution is -2.52. The predicted octanol–water partition coefficient (Wildman–Crippen LogP) is 2.14. The Morgan fingerprint density at radius 2 is 1.79 bits per heavy atom. The summed E-state index contributed by atoms with van der Waals surface area (Å²) in [7, 11) is 0. The molecule has 3 amide bonds. The molecule has 0 spiro atoms. The van der Waals surface area contributed by atoms with Gasteiger partial charge in [-0.2, -0.15) is 0 Å². The molecule has 2 saturated heterocycles. The van der Waals surface area contributed by atoms with Crippen LogP contribution in [0.5, 0.6) is 23.0 Å². The number of phenolic OH excluding ortho intramolecular Hbond substituents is 3. The zero-order valence-electron chi connectivity index (χ0n) is 21.8. The zero-order valence-corrected chi connectivity index (χ0v) is 21.8. The van der Waals surface area contributed by atoms with Crippen molar-refractivity contribution >= 4 is 17.7 Å². The number of morpholine rings is 1. The number of ether oxygens (including phenoxy) is 2. The number of fused-ring (bicyclic) bond motifs is 1. The first kappa shape index (κ1) is 28.1. The highest BCUT2D eigenvalue weighted by Crippen LogP contribution is 2.51. The Morgan fingerprint density at radius 1 is 1.08 bits per heavy atom. The average molecular weight is 546 g/mol. The van der Waals surface area contributed by atoms with Crippen molar-refractivity contribution in [3.05, 3.63) is 46.3 Å². The standard InChI is InChI=1S/C25H26FN3O8.C2H6/c26-16-9-13(10-28-5-7-36-8-6-28)1-2-14(16)12-37-23-15-11-29(17-3-4-18(30)27-24(17)34)25(35)19(15)20(31)21(32)22(23)33;1-2/h1-2,9,17,31-33H,3-8,10-12H2,(H,27,30,34);1-2H3. The second-order valence-electron chi connectivity index (χ2n) is 9.23. The molecule has 3 aliphatic rings. The number of aromatic hydroxyl groups is 3. The van der Waals surface area contributed by atoms with Gasteiger partial charge in [0.2, 0.25) is 23.3 Å². The summed E-state index contributed by atoms with van der Waals surface area (Å²) < 4.78 is 25.9. The van der Waals surface area contributed by atoms with Crippen LogP contribution in [0.1, 0.15) is 53.7 Å². The summed E-state index contributed by atoms with van der Waals surface area (Å²) in [6, 6.07) is 3.75. The molecule has 39 heavy (non-hydrogen) atoms. The van der Waals surface area contributed by atoms with E-state index in [1.54, 1.807) is 12.1 Å². The van der Waals surface area contributed by atoms with Crippen LogP contribution in [0.4, 0.5) is 4.39 Å². The number of nitrogens with one attached hydrogen (secondary N) is 1. The van der Waals surface area contributed by atoms with E-state index >= 15 is 0 Å². The lowest BCUT2D eigenvalue weighted by Gasteiger charge is -2.29. The van der Waals surface area contributed by atoms with Crippen molar-refractivity contribution in [2.45, 2.75) is 52.4 Å². The fraction of sp³-hybridized carbons (Fsp3) is 0.444. The van der Waals surface area contributed by atoms with Gasteiger partial charge in [-0.05, 0) is 18.1 Å². The number of rotatable bonds is 6. The number of hydrogen-bond donors (Lipinski definition) is 4. The van der Waals surface area contributed by atoms with Crippen molar-refractivity contribution < 1.29 is 43.6 Å². The molecule has 5 rings (SSSR count). The van der Waals surface area contributed by atoms with E-state index in [-0.39, 0.29) is 48.4 Å². The largest absolute Gasteiger partial charge is 0.504 e. The SMILES string of the molecule is CC.O=C1CCC(N2Cc3c(OCc4ccc(CN5CCOCC5)cc4F)c(O)c(O)c(O)c3C2=O)C(=O)N1. The third-order valence-electron chi connectivity index (χ3n) is 6.87. The van der Waals surface area contributed by atoms with Crippen LogP contribution in [0.3, 0.4) is 0 Å². The minimum Gasteiger partial charge on any atom is -0.504 e. The van der Waals surface area contributed by atoms with Gasteiger partial charge in [-0.25, -0.2) is 4.39 Å². The number of carbonyl (C=O) groups excluding carboxylic acids is 3. The molecule has 1 atom stereocenters. The van der Waals surface area contributed by atoms with Crippen LogP contribution >= 0.6 is 0 Å². The molecule has 1 unspecified atom stereocenters. The van der Waals surface area contributed by atoms with E-state index in [0.717, 1.165) is 23.6 Å². The number of benzene rings is 2. The summed E-state index contributed by atoms with van der Waals surface area (Å²) in [6.07, 6.45) is 0.116. The molecule has 0 aliphatic carbocycles. The number of imide groups is 1. The van der Waals surface area contributed by atoms with Crippen LogP contribution in [0.25, 0.3) is 0 Å². The monoisotopic (exact) mass is 545 g/mol. The summed E-state index contributed by atoms with van der Waals surface area (Å²) in [6.45, 7) is 6.79. The topological polar surface area (TPSA) is 149 Å². The molecule has 0 aromatic heterocycles. The van der Waals surface area contributed by atoms with E-state index in [0.29, 0.717) is 19.8 Å². The summed E-state index contributed by atoms with van der Waals surface area (Å²) in [5.74, 6) is -5.32. The van der Waals surface area contributed by atoms with Crippen LogP contribution in [-0.4, -0.2) is 75.2 Å². The van der Waals surface area contributed by atoms with Crippen molar-refractivity contribution in [3.8, 4) is 23.0 Å². The van der Waals surface area contributed by atoms with E-state index in [2.05, 4.69) is 10.2 Å². The molecule has 0 radical (unpaired) electrons. The lowest BCUT2D eigenvalue weighted by molar-refractivity contribution is -0.136. The maximum Gasteiger partial charge on any atom is 0.259 e. The second kappa shape index (κ2) is 11.9. The molecule has 3 heterocycles. The maximum atomic E-state index is 14.9. The van der Waals surface area contributed by atoms with Crippen molar-refractivity contribution in [3.63, 3.8) is 0 Å². The molecule has 3 aliphatic heterocycles. The molecule has 12 heteroatoms. The highest BCUT2D eigenvalue weighted by Gasteiger charge is 2.43. The predicted molar refractivity (Wildman–Crippen MR) is 136 cm³/mol. The van der Waals surface area contributed by atoms with Crippen LogP contribution in [-0.2, 0) is 34.0 Å². The third-order valence-corrected chi connectivity index (χ3v) is 6.87. The molecule has 2 aromatic carbocycles. The van der Waals surface area contributed by atoms with Crippen LogP contribution in [0, 0.1) is 5.82 Å². The van der Waals surface area contributed by atoms with Gasteiger partial charge in [0.15, 0.2) is 11.5 Å². The van der Waals surface area contributed by atoms with Gasteiger partial charge in [0.05, 0.1) is 25.3 Å². The Hall–Kier alpha value is -3.90. The summed E-state index contributed by atoms with van der Waals surface area (Å²) in [4.78, 5) is 40.2. The third kappa shape index (κ3) is 5.62. The Kier molecular flexibility index (Phi) is 8.56. The molecule has 11 nitrogen and oxygen atoms in total. The van der Waals surface area contributed by atoms with Crippen molar-refractivity contribution in [1.82, 2.24) is 15.1 Å². The number of carbonyl (C=O) groups is 3. The van der Waals surface area contributed by atoms with Crippen molar-refractivity contribution in [1.29, 1.82) is 0 Å². The number of halogens is 1. The first-order valence-corrected chi connectivity index (χ1v) is 12.9. The van der Waals surface area contributed by atoms with Gasteiger partial charge in [-0.1, -0.05) is 26.0 Å². The number of phenols is 3.